The molecule has 3 heteroatoms. The van der Waals surface area contributed by atoms with Crippen LogP contribution in [0.4, 0.5) is 0 Å². The van der Waals surface area contributed by atoms with Crippen LogP contribution < -0.4 is 0 Å². The van der Waals surface area contributed by atoms with Crippen LogP contribution in [0.15, 0.2) is 0 Å². The second kappa shape index (κ2) is 22.7. The van der Waals surface area contributed by atoms with E-state index in [0.29, 0.717) is 6.42 Å². The minimum Gasteiger partial charge on any atom is -0.481 e. The van der Waals surface area contributed by atoms with Crippen LogP contribution >= 0.6 is 0 Å². The van der Waals surface area contributed by atoms with Crippen molar-refractivity contribution in [1.29, 1.82) is 0 Å². The first-order valence-corrected chi connectivity index (χ1v) is 14.2. The quantitative estimate of drug-likeness (QED) is 0.230. The standard InChI is InChI=1S/C18H36O2.C3H10Si/c1-2-3-4-5-6-7-8-9-10-11-12-13-14-15-16-17-18(19)20;1-4(2)3/h2-17H2,1H3,(H,19,20);4H,1-3H3. The number of unbranched alkanes of at least 4 members (excludes halogenated alkanes) is 14. The van der Waals surface area contributed by atoms with Crippen molar-refractivity contribution in [2.75, 3.05) is 0 Å². The summed E-state index contributed by atoms with van der Waals surface area (Å²) >= 11 is 0. The summed E-state index contributed by atoms with van der Waals surface area (Å²) in [5.74, 6) is -0.653. The Balaban J connectivity index is 0. The van der Waals surface area contributed by atoms with Crippen LogP contribution in [0.2, 0.25) is 19.6 Å². The summed E-state index contributed by atoms with van der Waals surface area (Å²) < 4.78 is 0. The number of hydrogen-bond donors (Lipinski definition) is 1. The summed E-state index contributed by atoms with van der Waals surface area (Å²) in [7, 11) is -0.139. The first-order valence-electron chi connectivity index (χ1n) is 10.7. The molecule has 0 aromatic heterocycles. The van der Waals surface area contributed by atoms with Gasteiger partial charge in [-0.05, 0) is 6.42 Å². The maximum absolute atomic E-state index is 10.3. The lowest BCUT2D eigenvalue weighted by Crippen LogP contribution is -1.93. The van der Waals surface area contributed by atoms with Crippen molar-refractivity contribution in [3.8, 4) is 0 Å². The predicted molar refractivity (Wildman–Crippen MR) is 112 cm³/mol. The van der Waals surface area contributed by atoms with Crippen LogP contribution in [0.3, 0.4) is 0 Å². The first-order chi connectivity index (χ1) is 11.5. The molecular formula is C21H46O2Si. The van der Waals surface area contributed by atoms with Crippen molar-refractivity contribution in [1.82, 2.24) is 0 Å². The lowest BCUT2D eigenvalue weighted by molar-refractivity contribution is -0.137. The Labute approximate surface area is 154 Å². The number of rotatable bonds is 16. The third kappa shape index (κ3) is 33.3. The topological polar surface area (TPSA) is 37.3 Å². The molecule has 0 heterocycles. The van der Waals surface area contributed by atoms with Gasteiger partial charge < -0.3 is 5.11 Å². The number of carboxylic acids is 1. The summed E-state index contributed by atoms with van der Waals surface area (Å²) in [6.45, 7) is 9.19. The molecule has 0 fully saturated rings. The summed E-state index contributed by atoms with van der Waals surface area (Å²) in [5.41, 5.74) is 0. The molecule has 0 amide bonds. The maximum Gasteiger partial charge on any atom is 0.303 e. The van der Waals surface area contributed by atoms with Crippen molar-refractivity contribution in [2.24, 2.45) is 0 Å². The molecule has 0 radical (unpaired) electrons. The van der Waals surface area contributed by atoms with Gasteiger partial charge in [-0.25, -0.2) is 0 Å². The highest BCUT2D eigenvalue weighted by Gasteiger charge is 1.97. The highest BCUT2D eigenvalue weighted by atomic mass is 28.3. The molecule has 0 aromatic rings. The van der Waals surface area contributed by atoms with Crippen molar-refractivity contribution >= 4 is 14.8 Å². The largest absolute Gasteiger partial charge is 0.481 e. The van der Waals surface area contributed by atoms with Crippen LogP contribution in [0.25, 0.3) is 0 Å². The molecule has 0 atom stereocenters. The van der Waals surface area contributed by atoms with Gasteiger partial charge in [0, 0.05) is 15.2 Å². The number of carbonyl (C=O) groups is 1. The highest BCUT2D eigenvalue weighted by Crippen LogP contribution is 2.13. The fourth-order valence-corrected chi connectivity index (χ4v) is 2.65. The van der Waals surface area contributed by atoms with E-state index >= 15 is 0 Å². The Morgan fingerprint density at radius 2 is 0.875 bits per heavy atom. The van der Waals surface area contributed by atoms with Gasteiger partial charge in [-0.2, -0.15) is 0 Å². The molecule has 0 spiro atoms. The molecule has 0 saturated heterocycles. The summed E-state index contributed by atoms with van der Waals surface area (Å²) in [6, 6.07) is 0. The molecule has 0 rings (SSSR count). The SMILES string of the molecule is CCCCCCCCCCCCCCCCCC(=O)O.C[SiH](C)C. The van der Waals surface area contributed by atoms with E-state index in [4.69, 9.17) is 5.11 Å². The molecule has 1 N–H and O–H groups in total. The van der Waals surface area contributed by atoms with Gasteiger partial charge in [0.25, 0.3) is 0 Å². The van der Waals surface area contributed by atoms with E-state index in [2.05, 4.69) is 26.6 Å². The Kier molecular flexibility index (Phi) is 24.5. The van der Waals surface area contributed by atoms with Crippen LogP contribution in [-0.4, -0.2) is 19.9 Å². The van der Waals surface area contributed by atoms with E-state index in [-0.39, 0.29) is 8.80 Å². The Bertz CT molecular complexity index is 239. The molecule has 0 aromatic carbocycles. The number of carboxylic acid groups (broad SMARTS) is 1. The van der Waals surface area contributed by atoms with Gasteiger partial charge in [0.05, 0.1) is 0 Å². The third-order valence-electron chi connectivity index (χ3n) is 3.99. The van der Waals surface area contributed by atoms with Gasteiger partial charge in [-0.15, -0.1) is 0 Å². The Morgan fingerprint density at radius 3 is 1.12 bits per heavy atom. The second-order valence-electron chi connectivity index (χ2n) is 7.83. The highest BCUT2D eigenvalue weighted by molar-refractivity contribution is 6.54. The summed E-state index contributed by atoms with van der Waals surface area (Å²) in [5, 5.41) is 8.52. The van der Waals surface area contributed by atoms with Gasteiger partial charge >= 0.3 is 5.97 Å². The van der Waals surface area contributed by atoms with Crippen molar-refractivity contribution in [2.45, 2.75) is 129 Å². The smallest absolute Gasteiger partial charge is 0.303 e. The van der Waals surface area contributed by atoms with Gasteiger partial charge in [0.2, 0.25) is 0 Å². The third-order valence-corrected chi connectivity index (χ3v) is 3.99. The molecule has 0 saturated carbocycles. The Hall–Kier alpha value is -0.313. The van der Waals surface area contributed by atoms with E-state index in [1.807, 2.05) is 0 Å². The van der Waals surface area contributed by atoms with Crippen molar-refractivity contribution in [3.05, 3.63) is 0 Å². The van der Waals surface area contributed by atoms with E-state index in [1.165, 1.54) is 83.5 Å². The average Bonchev–Trinajstić information content (AvgIpc) is 2.50. The number of aliphatic carboxylic acids is 1. The molecule has 0 aliphatic carbocycles. The van der Waals surface area contributed by atoms with E-state index in [1.54, 1.807) is 0 Å². The average molecular weight is 359 g/mol. The summed E-state index contributed by atoms with van der Waals surface area (Å²) in [6.07, 6.45) is 20.2. The lowest BCUT2D eigenvalue weighted by atomic mass is 10.0. The molecule has 0 aliphatic heterocycles. The van der Waals surface area contributed by atoms with Crippen molar-refractivity contribution < 1.29 is 9.90 Å². The van der Waals surface area contributed by atoms with E-state index < -0.39 is 5.97 Å². The number of hydrogen-bond acceptors (Lipinski definition) is 1. The zero-order chi connectivity index (χ0) is 18.5. The van der Waals surface area contributed by atoms with Gasteiger partial charge in [-0.1, -0.05) is 116 Å². The molecule has 2 nitrogen and oxygen atoms in total. The van der Waals surface area contributed by atoms with Crippen LogP contribution in [0.5, 0.6) is 0 Å². The zero-order valence-corrected chi connectivity index (χ0v) is 18.4. The van der Waals surface area contributed by atoms with E-state index in [9.17, 15) is 4.79 Å². The molecule has 24 heavy (non-hydrogen) atoms. The van der Waals surface area contributed by atoms with E-state index in [0.717, 1.165) is 12.8 Å². The Morgan fingerprint density at radius 1 is 0.625 bits per heavy atom. The van der Waals surface area contributed by atoms with Crippen LogP contribution in [0.1, 0.15) is 110 Å². The molecule has 0 aliphatic rings. The fourth-order valence-electron chi connectivity index (χ4n) is 2.65. The van der Waals surface area contributed by atoms with Crippen LogP contribution in [0, 0.1) is 0 Å². The maximum atomic E-state index is 10.3. The molecule has 146 valence electrons. The molecule has 0 bridgehead atoms. The molecular weight excluding hydrogens is 312 g/mol. The van der Waals surface area contributed by atoms with Crippen molar-refractivity contribution in [3.63, 3.8) is 0 Å². The predicted octanol–water partition coefficient (Wildman–Crippen LogP) is 7.44. The van der Waals surface area contributed by atoms with Gasteiger partial charge in [0.15, 0.2) is 0 Å². The zero-order valence-electron chi connectivity index (χ0n) is 17.2. The lowest BCUT2D eigenvalue weighted by Gasteiger charge is -2.03. The first kappa shape index (κ1) is 25.9. The summed E-state index contributed by atoms with van der Waals surface area (Å²) in [4.78, 5) is 10.3. The van der Waals surface area contributed by atoms with Crippen LogP contribution in [-0.2, 0) is 4.79 Å². The van der Waals surface area contributed by atoms with Gasteiger partial charge in [-0.3, -0.25) is 4.79 Å². The molecule has 0 unspecified atom stereocenters. The normalized spacial score (nSPS) is 10.5. The minimum absolute atomic E-state index is 0.139. The second-order valence-corrected chi connectivity index (χ2v) is 11.3. The monoisotopic (exact) mass is 358 g/mol. The fraction of sp³-hybridized carbons (Fsp3) is 0.952. The minimum atomic E-state index is -0.653. The van der Waals surface area contributed by atoms with Gasteiger partial charge in [0.1, 0.15) is 0 Å².